The van der Waals surface area contributed by atoms with Crippen LogP contribution in [0.2, 0.25) is 0 Å². The Morgan fingerprint density at radius 1 is 1.12 bits per heavy atom. The first-order valence-electron chi connectivity index (χ1n) is 6.20. The van der Waals surface area contributed by atoms with E-state index in [9.17, 15) is 8.42 Å². The summed E-state index contributed by atoms with van der Waals surface area (Å²) in [6.07, 6.45) is 1.74. The molecule has 0 saturated carbocycles. The van der Waals surface area contributed by atoms with E-state index >= 15 is 0 Å². The zero-order chi connectivity index (χ0) is 12.6. The average molecular weight is 250 g/mol. The Kier molecular flexibility index (Phi) is 7.97. The molecule has 0 aromatic carbocycles. The Morgan fingerprint density at radius 3 is 2.00 bits per heavy atom. The lowest BCUT2D eigenvalue weighted by molar-refractivity contribution is 0.402. The fraction of sp³-hybridized carbons (Fsp3) is 1.00. The number of sulfonamides is 1. The van der Waals surface area contributed by atoms with Gasteiger partial charge in [0.05, 0.1) is 5.25 Å². The second kappa shape index (κ2) is 8.03. The van der Waals surface area contributed by atoms with Crippen molar-refractivity contribution < 1.29 is 8.42 Å². The normalized spacial score (nSPS) is 14.3. The van der Waals surface area contributed by atoms with E-state index in [1.54, 1.807) is 11.2 Å². The summed E-state index contributed by atoms with van der Waals surface area (Å²) in [6.45, 7) is 10.4. The molecule has 0 rings (SSSR count). The molecule has 0 aromatic heterocycles. The van der Waals surface area contributed by atoms with Crippen LogP contribution in [0.25, 0.3) is 0 Å². The van der Waals surface area contributed by atoms with Gasteiger partial charge in [-0.05, 0) is 26.3 Å². The zero-order valence-electron chi connectivity index (χ0n) is 11.0. The molecule has 1 unspecified atom stereocenters. The van der Waals surface area contributed by atoms with Crippen LogP contribution in [0, 0.1) is 0 Å². The van der Waals surface area contributed by atoms with E-state index in [-0.39, 0.29) is 5.25 Å². The molecule has 5 heteroatoms. The molecule has 0 saturated heterocycles. The molecule has 0 aromatic rings. The standard InChI is InChI=1S/C11H26N2O2S/c1-5-8-13(9-6-2)16(14,15)11(4)10-12-7-3/h11-12H,5-10H2,1-4H3. The second-order valence-corrected chi connectivity index (χ2v) is 6.41. The Balaban J connectivity index is 4.56. The molecule has 0 aliphatic rings. The van der Waals surface area contributed by atoms with Crippen molar-refractivity contribution in [3.63, 3.8) is 0 Å². The van der Waals surface area contributed by atoms with Crippen molar-refractivity contribution in [2.75, 3.05) is 26.2 Å². The van der Waals surface area contributed by atoms with Crippen LogP contribution in [-0.2, 0) is 10.0 Å². The van der Waals surface area contributed by atoms with E-state index in [4.69, 9.17) is 0 Å². The summed E-state index contributed by atoms with van der Waals surface area (Å²) in [5, 5.41) is 2.75. The minimum atomic E-state index is -3.13. The molecule has 1 atom stereocenters. The highest BCUT2D eigenvalue weighted by Gasteiger charge is 2.26. The summed E-state index contributed by atoms with van der Waals surface area (Å²) >= 11 is 0. The van der Waals surface area contributed by atoms with Crippen molar-refractivity contribution in [1.82, 2.24) is 9.62 Å². The first-order chi connectivity index (χ1) is 7.50. The van der Waals surface area contributed by atoms with E-state index < -0.39 is 10.0 Å². The maximum Gasteiger partial charge on any atom is 0.217 e. The maximum atomic E-state index is 12.2. The second-order valence-electron chi connectivity index (χ2n) is 4.06. The Labute approximate surface area is 100 Å². The van der Waals surface area contributed by atoms with E-state index in [0.717, 1.165) is 19.4 Å². The van der Waals surface area contributed by atoms with Crippen LogP contribution in [0.5, 0.6) is 0 Å². The number of rotatable bonds is 9. The molecule has 4 nitrogen and oxygen atoms in total. The van der Waals surface area contributed by atoms with Gasteiger partial charge in [0.1, 0.15) is 0 Å². The third-order valence-corrected chi connectivity index (χ3v) is 4.76. The van der Waals surface area contributed by atoms with Crippen LogP contribution in [0.1, 0.15) is 40.5 Å². The lowest BCUT2D eigenvalue weighted by Gasteiger charge is -2.25. The van der Waals surface area contributed by atoms with Crippen LogP contribution in [0.4, 0.5) is 0 Å². The van der Waals surface area contributed by atoms with Crippen molar-refractivity contribution in [2.24, 2.45) is 0 Å². The van der Waals surface area contributed by atoms with Crippen LogP contribution in [0.15, 0.2) is 0 Å². The average Bonchev–Trinajstić information content (AvgIpc) is 2.25. The van der Waals surface area contributed by atoms with E-state index in [1.165, 1.54) is 0 Å². The highest BCUT2D eigenvalue weighted by molar-refractivity contribution is 7.89. The topological polar surface area (TPSA) is 49.4 Å². The van der Waals surface area contributed by atoms with Gasteiger partial charge in [0.15, 0.2) is 0 Å². The fourth-order valence-corrected chi connectivity index (χ4v) is 3.28. The van der Waals surface area contributed by atoms with E-state index in [2.05, 4.69) is 5.32 Å². The number of hydrogen-bond donors (Lipinski definition) is 1. The smallest absolute Gasteiger partial charge is 0.217 e. The van der Waals surface area contributed by atoms with Gasteiger partial charge in [0.25, 0.3) is 0 Å². The monoisotopic (exact) mass is 250 g/mol. The predicted molar refractivity (Wildman–Crippen MR) is 69.1 cm³/mol. The zero-order valence-corrected chi connectivity index (χ0v) is 11.8. The predicted octanol–water partition coefficient (Wildman–Crippen LogP) is 1.44. The molecule has 1 N–H and O–H groups in total. The van der Waals surface area contributed by atoms with Gasteiger partial charge in [0, 0.05) is 19.6 Å². The van der Waals surface area contributed by atoms with Gasteiger partial charge < -0.3 is 5.32 Å². The molecule has 0 heterocycles. The Morgan fingerprint density at radius 2 is 1.62 bits per heavy atom. The highest BCUT2D eigenvalue weighted by atomic mass is 32.2. The van der Waals surface area contributed by atoms with Crippen LogP contribution in [-0.4, -0.2) is 44.2 Å². The first kappa shape index (κ1) is 15.9. The van der Waals surface area contributed by atoms with Gasteiger partial charge in [-0.2, -0.15) is 0 Å². The molecular formula is C11H26N2O2S. The maximum absolute atomic E-state index is 12.2. The van der Waals surface area contributed by atoms with E-state index in [1.807, 2.05) is 20.8 Å². The van der Waals surface area contributed by atoms with Crippen LogP contribution in [0.3, 0.4) is 0 Å². The molecule has 0 bridgehead atoms. The quantitative estimate of drug-likeness (QED) is 0.673. The summed E-state index contributed by atoms with van der Waals surface area (Å²) in [7, 11) is -3.13. The van der Waals surface area contributed by atoms with Gasteiger partial charge in [-0.1, -0.05) is 20.8 Å². The van der Waals surface area contributed by atoms with Crippen molar-refractivity contribution in [1.29, 1.82) is 0 Å². The summed E-state index contributed by atoms with van der Waals surface area (Å²) in [6, 6.07) is 0. The SMILES string of the molecule is CCCN(CCC)S(=O)(=O)C(C)CNCC. The number of hydrogen-bond acceptors (Lipinski definition) is 3. The fourth-order valence-electron chi connectivity index (χ4n) is 1.57. The minimum absolute atomic E-state index is 0.342. The van der Waals surface area contributed by atoms with Gasteiger partial charge >= 0.3 is 0 Å². The Hall–Kier alpha value is -0.130. The lowest BCUT2D eigenvalue weighted by Crippen LogP contribution is -2.42. The molecule has 0 amide bonds. The molecular weight excluding hydrogens is 224 g/mol. The Bertz CT molecular complexity index is 259. The summed E-state index contributed by atoms with van der Waals surface area (Å²) in [4.78, 5) is 0. The van der Waals surface area contributed by atoms with Gasteiger partial charge in [0.2, 0.25) is 10.0 Å². The third-order valence-electron chi connectivity index (χ3n) is 2.50. The van der Waals surface area contributed by atoms with Gasteiger partial charge in [-0.3, -0.25) is 0 Å². The van der Waals surface area contributed by atoms with Gasteiger partial charge in [-0.15, -0.1) is 0 Å². The number of nitrogens with one attached hydrogen (secondary N) is 1. The molecule has 0 aliphatic heterocycles. The van der Waals surface area contributed by atoms with Gasteiger partial charge in [-0.25, -0.2) is 12.7 Å². The van der Waals surface area contributed by atoms with Crippen molar-refractivity contribution in [3.8, 4) is 0 Å². The number of nitrogens with zero attached hydrogens (tertiary/aromatic N) is 1. The molecule has 0 radical (unpaired) electrons. The molecule has 0 fully saturated rings. The largest absolute Gasteiger partial charge is 0.316 e. The molecule has 16 heavy (non-hydrogen) atoms. The third kappa shape index (κ3) is 4.80. The van der Waals surface area contributed by atoms with Crippen molar-refractivity contribution in [2.45, 2.75) is 45.8 Å². The van der Waals surface area contributed by atoms with E-state index in [0.29, 0.717) is 19.6 Å². The van der Waals surface area contributed by atoms with Crippen LogP contribution < -0.4 is 5.32 Å². The molecule has 0 aliphatic carbocycles. The molecule has 98 valence electrons. The molecule has 0 spiro atoms. The van der Waals surface area contributed by atoms with Crippen molar-refractivity contribution in [3.05, 3.63) is 0 Å². The summed E-state index contributed by atoms with van der Waals surface area (Å²) in [5.74, 6) is 0. The first-order valence-corrected chi connectivity index (χ1v) is 7.70. The highest BCUT2D eigenvalue weighted by Crippen LogP contribution is 2.10. The summed E-state index contributed by atoms with van der Waals surface area (Å²) in [5.41, 5.74) is 0. The van der Waals surface area contributed by atoms with Crippen LogP contribution >= 0.6 is 0 Å². The lowest BCUT2D eigenvalue weighted by atomic mass is 10.4. The minimum Gasteiger partial charge on any atom is -0.316 e. The summed E-state index contributed by atoms with van der Waals surface area (Å²) < 4.78 is 26.0. The van der Waals surface area contributed by atoms with Crippen molar-refractivity contribution >= 4 is 10.0 Å².